The van der Waals surface area contributed by atoms with Crippen molar-refractivity contribution < 1.29 is 0 Å². The Morgan fingerprint density at radius 2 is 1.65 bits per heavy atom. The molecule has 0 aliphatic carbocycles. The molecule has 0 amide bonds. The van der Waals surface area contributed by atoms with Crippen molar-refractivity contribution in [1.29, 1.82) is 0 Å². The molecule has 0 aliphatic rings. The van der Waals surface area contributed by atoms with Gasteiger partial charge >= 0.3 is 0 Å². The van der Waals surface area contributed by atoms with Gasteiger partial charge in [-0.1, -0.05) is 48.2 Å². The molecular weight excluding hydrogens is 366 g/mol. The van der Waals surface area contributed by atoms with Crippen LogP contribution in [-0.2, 0) is 0 Å². The van der Waals surface area contributed by atoms with Crippen LogP contribution in [0.15, 0.2) is 58.5 Å². The van der Waals surface area contributed by atoms with Gasteiger partial charge in [0.1, 0.15) is 10.8 Å². The van der Waals surface area contributed by atoms with E-state index in [0.717, 1.165) is 10.9 Å². The standard InChI is InChI=1S/C18H13N5OS2/c1-26-18-20-12-8-4-2-6-10(12)14(23-18)22-17(25)15-19-13-9-5-3-7-11(13)16(24)21-15/h2-9H,1H3,(H,19,21,24)(H,20,22,23,25). The quantitative estimate of drug-likeness (QED) is 0.321. The van der Waals surface area contributed by atoms with Crippen molar-refractivity contribution >= 4 is 56.6 Å². The minimum absolute atomic E-state index is 0.230. The molecule has 0 saturated carbocycles. The molecule has 8 heteroatoms. The Morgan fingerprint density at radius 1 is 1.00 bits per heavy atom. The number of nitrogens with one attached hydrogen (secondary N) is 2. The number of thioether (sulfide) groups is 1. The zero-order valence-corrected chi connectivity index (χ0v) is 15.3. The van der Waals surface area contributed by atoms with Crippen molar-refractivity contribution in [3.8, 4) is 0 Å². The van der Waals surface area contributed by atoms with E-state index in [2.05, 4.69) is 25.3 Å². The number of anilines is 1. The smallest absolute Gasteiger partial charge is 0.259 e. The first-order valence-corrected chi connectivity index (χ1v) is 9.40. The average molecular weight is 379 g/mol. The van der Waals surface area contributed by atoms with E-state index in [-0.39, 0.29) is 5.56 Å². The van der Waals surface area contributed by atoms with Crippen LogP contribution in [0, 0.1) is 0 Å². The highest BCUT2D eigenvalue weighted by atomic mass is 32.2. The summed E-state index contributed by atoms with van der Waals surface area (Å²) in [5.41, 5.74) is 1.18. The van der Waals surface area contributed by atoms with E-state index in [1.54, 1.807) is 18.2 Å². The topological polar surface area (TPSA) is 83.6 Å². The summed E-state index contributed by atoms with van der Waals surface area (Å²) in [7, 11) is 0. The minimum atomic E-state index is -0.230. The number of hydrogen-bond acceptors (Lipinski definition) is 6. The monoisotopic (exact) mass is 379 g/mol. The lowest BCUT2D eigenvalue weighted by molar-refractivity contribution is 1.01. The first-order valence-electron chi connectivity index (χ1n) is 7.77. The molecule has 2 N–H and O–H groups in total. The van der Waals surface area contributed by atoms with E-state index >= 15 is 0 Å². The molecule has 0 spiro atoms. The second kappa shape index (κ2) is 6.81. The van der Waals surface area contributed by atoms with Gasteiger partial charge in [-0.3, -0.25) is 4.79 Å². The Labute approximate surface area is 158 Å². The minimum Gasteiger partial charge on any atom is -0.328 e. The highest BCUT2D eigenvalue weighted by Gasteiger charge is 2.12. The Kier molecular flexibility index (Phi) is 4.36. The summed E-state index contributed by atoms with van der Waals surface area (Å²) in [6.45, 7) is 0. The third-order valence-corrected chi connectivity index (χ3v) is 4.67. The summed E-state index contributed by atoms with van der Waals surface area (Å²) >= 11 is 6.90. The van der Waals surface area contributed by atoms with Gasteiger partial charge in [-0.2, -0.15) is 0 Å². The number of para-hydroxylation sites is 2. The molecule has 2 heterocycles. The molecule has 0 bridgehead atoms. The highest BCUT2D eigenvalue weighted by Crippen LogP contribution is 2.23. The fourth-order valence-corrected chi connectivity index (χ4v) is 3.17. The largest absolute Gasteiger partial charge is 0.328 e. The van der Waals surface area contributed by atoms with E-state index in [9.17, 15) is 4.79 Å². The molecule has 0 saturated heterocycles. The van der Waals surface area contributed by atoms with E-state index < -0.39 is 0 Å². The fourth-order valence-electron chi connectivity index (χ4n) is 2.60. The SMILES string of the molecule is CSc1nc(NC(=S)c2nc3ccccc3c(=O)[nH]2)c2ccccc2n1. The number of benzene rings is 2. The number of H-pyrrole nitrogens is 1. The zero-order valence-electron chi connectivity index (χ0n) is 13.7. The van der Waals surface area contributed by atoms with E-state index in [4.69, 9.17) is 12.2 Å². The lowest BCUT2D eigenvalue weighted by Gasteiger charge is -2.11. The van der Waals surface area contributed by atoms with Crippen molar-refractivity contribution in [3.63, 3.8) is 0 Å². The van der Waals surface area contributed by atoms with Crippen molar-refractivity contribution in [2.24, 2.45) is 0 Å². The predicted molar refractivity (Wildman–Crippen MR) is 109 cm³/mol. The maximum atomic E-state index is 12.3. The molecule has 128 valence electrons. The Hall–Kier alpha value is -2.84. The molecule has 6 nitrogen and oxygen atoms in total. The second-order valence-corrected chi connectivity index (χ2v) is 6.64. The average Bonchev–Trinajstić information content (AvgIpc) is 2.67. The summed E-state index contributed by atoms with van der Waals surface area (Å²) in [6.07, 6.45) is 1.91. The van der Waals surface area contributed by atoms with Crippen molar-refractivity contribution in [2.75, 3.05) is 11.6 Å². The third kappa shape index (κ3) is 3.04. The summed E-state index contributed by atoms with van der Waals surface area (Å²) in [6, 6.07) is 14.8. The van der Waals surface area contributed by atoms with Crippen LogP contribution in [0.3, 0.4) is 0 Å². The van der Waals surface area contributed by atoms with Gasteiger partial charge in [-0.25, -0.2) is 15.0 Å². The van der Waals surface area contributed by atoms with Crippen LogP contribution in [0.25, 0.3) is 21.8 Å². The van der Waals surface area contributed by atoms with Gasteiger partial charge < -0.3 is 10.3 Å². The van der Waals surface area contributed by atoms with E-state index in [1.807, 2.05) is 36.6 Å². The number of aromatic nitrogens is 4. The fraction of sp³-hybridized carbons (Fsp3) is 0.0556. The van der Waals surface area contributed by atoms with Gasteiger partial charge in [0, 0.05) is 5.39 Å². The lowest BCUT2D eigenvalue weighted by Crippen LogP contribution is -2.21. The molecule has 0 aliphatic heterocycles. The normalized spacial score (nSPS) is 11.0. The molecule has 26 heavy (non-hydrogen) atoms. The predicted octanol–water partition coefficient (Wildman–Crippen LogP) is 3.38. The van der Waals surface area contributed by atoms with Crippen LogP contribution in [0.5, 0.6) is 0 Å². The van der Waals surface area contributed by atoms with Crippen molar-refractivity contribution in [3.05, 3.63) is 64.7 Å². The van der Waals surface area contributed by atoms with Crippen LogP contribution in [0.1, 0.15) is 5.82 Å². The number of thiocarbonyl (C=S) groups is 1. The molecule has 4 rings (SSSR count). The lowest BCUT2D eigenvalue weighted by atomic mass is 10.2. The van der Waals surface area contributed by atoms with Gasteiger partial charge in [0.15, 0.2) is 11.0 Å². The second-order valence-electron chi connectivity index (χ2n) is 5.46. The summed E-state index contributed by atoms with van der Waals surface area (Å²) in [5.74, 6) is 0.887. The number of nitrogens with zero attached hydrogens (tertiary/aromatic N) is 3. The van der Waals surface area contributed by atoms with Crippen LogP contribution in [0.2, 0.25) is 0 Å². The maximum absolute atomic E-state index is 12.3. The Bertz CT molecular complexity index is 1210. The van der Waals surface area contributed by atoms with Gasteiger partial charge in [-0.15, -0.1) is 0 Å². The van der Waals surface area contributed by atoms with Gasteiger partial charge in [0.05, 0.1) is 16.4 Å². The molecule has 0 unspecified atom stereocenters. The molecule has 0 fully saturated rings. The third-order valence-electron chi connectivity index (χ3n) is 3.83. The molecular formula is C18H13N5OS2. The van der Waals surface area contributed by atoms with E-state index in [0.29, 0.717) is 32.7 Å². The molecule has 2 aromatic carbocycles. The van der Waals surface area contributed by atoms with E-state index in [1.165, 1.54) is 11.8 Å². The first kappa shape index (κ1) is 16.6. The Balaban J connectivity index is 1.77. The first-order chi connectivity index (χ1) is 12.7. The molecule has 2 aromatic heterocycles. The van der Waals surface area contributed by atoms with Crippen molar-refractivity contribution in [1.82, 2.24) is 19.9 Å². The summed E-state index contributed by atoms with van der Waals surface area (Å²) in [5, 5.41) is 5.10. The zero-order chi connectivity index (χ0) is 18.1. The van der Waals surface area contributed by atoms with Gasteiger partial charge in [0.2, 0.25) is 0 Å². The van der Waals surface area contributed by atoms with Gasteiger partial charge in [0.25, 0.3) is 5.56 Å². The summed E-state index contributed by atoms with van der Waals surface area (Å²) in [4.78, 5) is 28.7. The number of fused-ring (bicyclic) bond motifs is 2. The number of aromatic amines is 1. The molecule has 0 atom stereocenters. The number of hydrogen-bond donors (Lipinski definition) is 2. The number of rotatable bonds is 3. The van der Waals surface area contributed by atoms with Crippen LogP contribution in [-0.4, -0.2) is 31.2 Å². The van der Waals surface area contributed by atoms with Crippen molar-refractivity contribution in [2.45, 2.75) is 5.16 Å². The van der Waals surface area contributed by atoms with Crippen LogP contribution >= 0.6 is 24.0 Å². The summed E-state index contributed by atoms with van der Waals surface area (Å²) < 4.78 is 0. The Morgan fingerprint density at radius 3 is 2.38 bits per heavy atom. The van der Waals surface area contributed by atoms with Gasteiger partial charge in [-0.05, 0) is 30.5 Å². The maximum Gasteiger partial charge on any atom is 0.259 e. The molecule has 4 aromatic rings. The highest BCUT2D eigenvalue weighted by molar-refractivity contribution is 7.98. The van der Waals surface area contributed by atoms with Crippen LogP contribution < -0.4 is 10.9 Å². The molecule has 0 radical (unpaired) electrons. The van der Waals surface area contributed by atoms with Crippen LogP contribution in [0.4, 0.5) is 5.82 Å².